The van der Waals surface area contributed by atoms with E-state index in [4.69, 9.17) is 0 Å². The number of fused-ring (bicyclic) bond motifs is 1. The number of halogens is 5. The van der Waals surface area contributed by atoms with Crippen molar-refractivity contribution in [2.24, 2.45) is 0 Å². The molecular formula is C22H15F5N4O2S. The zero-order valence-electron chi connectivity index (χ0n) is 17.3. The van der Waals surface area contributed by atoms with E-state index in [2.05, 4.69) is 4.98 Å². The number of nitriles is 1. The summed E-state index contributed by atoms with van der Waals surface area (Å²) in [5.74, 6) is 0. The highest BCUT2D eigenvalue weighted by Crippen LogP contribution is 2.38. The lowest BCUT2D eigenvalue weighted by atomic mass is 10.1. The third-order valence-electron chi connectivity index (χ3n) is 5.25. The van der Waals surface area contributed by atoms with Crippen molar-refractivity contribution in [1.29, 1.82) is 5.26 Å². The van der Waals surface area contributed by atoms with Gasteiger partial charge >= 0.3 is 6.18 Å². The molecule has 0 saturated carbocycles. The van der Waals surface area contributed by atoms with Crippen LogP contribution in [0.25, 0.3) is 28.0 Å². The summed E-state index contributed by atoms with van der Waals surface area (Å²) in [5.41, 5.74) is 1.19. The average Bonchev–Trinajstić information content (AvgIpc) is 3.05. The number of benzene rings is 1. The molecular weight excluding hydrogens is 479 g/mol. The monoisotopic (exact) mass is 494 g/mol. The summed E-state index contributed by atoms with van der Waals surface area (Å²) in [7, 11) is -4.48. The van der Waals surface area contributed by atoms with E-state index in [0.29, 0.717) is 18.2 Å². The second-order valence-corrected chi connectivity index (χ2v) is 9.18. The molecule has 0 amide bonds. The van der Waals surface area contributed by atoms with Gasteiger partial charge in [0.15, 0.2) is 0 Å². The summed E-state index contributed by atoms with van der Waals surface area (Å²) in [6.07, 6.45) is -1.38. The molecule has 0 unspecified atom stereocenters. The lowest BCUT2D eigenvalue weighted by Gasteiger charge is -2.18. The van der Waals surface area contributed by atoms with E-state index < -0.39 is 33.6 Å². The number of pyridine rings is 1. The Balaban J connectivity index is 1.83. The number of alkyl halides is 5. The first-order valence-corrected chi connectivity index (χ1v) is 11.2. The molecule has 3 aromatic rings. The summed E-state index contributed by atoms with van der Waals surface area (Å²) < 4.78 is 92.7. The van der Waals surface area contributed by atoms with Crippen LogP contribution in [0.15, 0.2) is 59.7 Å². The molecule has 1 atom stereocenters. The first-order valence-electron chi connectivity index (χ1n) is 9.75. The van der Waals surface area contributed by atoms with Gasteiger partial charge in [0.1, 0.15) is 17.8 Å². The third-order valence-corrected chi connectivity index (χ3v) is 6.80. The van der Waals surface area contributed by atoms with Crippen LogP contribution in [0.3, 0.4) is 0 Å². The molecule has 176 valence electrons. The maximum Gasteiger partial charge on any atom is 0.404 e. The van der Waals surface area contributed by atoms with Gasteiger partial charge in [-0.2, -0.15) is 23.2 Å². The number of rotatable bonds is 6. The summed E-state index contributed by atoms with van der Waals surface area (Å²) >= 11 is 0. The highest BCUT2D eigenvalue weighted by molar-refractivity contribution is 7.89. The fourth-order valence-electron chi connectivity index (χ4n) is 3.43. The van der Waals surface area contributed by atoms with Gasteiger partial charge in [-0.3, -0.25) is 4.57 Å². The normalized spacial score (nSPS) is 14.7. The smallest absolute Gasteiger partial charge is 0.293 e. The molecule has 34 heavy (non-hydrogen) atoms. The van der Waals surface area contributed by atoms with Crippen molar-refractivity contribution in [2.75, 3.05) is 0 Å². The summed E-state index contributed by atoms with van der Waals surface area (Å²) in [6, 6.07) is 5.75. The van der Waals surface area contributed by atoms with Crippen LogP contribution in [0.5, 0.6) is 0 Å². The number of aromatic nitrogens is 2. The van der Waals surface area contributed by atoms with E-state index in [1.807, 2.05) is 6.07 Å². The van der Waals surface area contributed by atoms with Gasteiger partial charge in [0, 0.05) is 28.4 Å². The zero-order valence-corrected chi connectivity index (χ0v) is 18.1. The van der Waals surface area contributed by atoms with E-state index in [-0.39, 0.29) is 27.9 Å². The number of hydrogen-bond donors (Lipinski definition) is 1. The quantitative estimate of drug-likeness (QED) is 0.480. The van der Waals surface area contributed by atoms with Gasteiger partial charge in [-0.25, -0.2) is 22.2 Å². The minimum absolute atomic E-state index is 0.0469. The average molecular weight is 494 g/mol. The highest BCUT2D eigenvalue weighted by Gasteiger charge is 2.39. The van der Waals surface area contributed by atoms with Crippen LogP contribution in [0.1, 0.15) is 24.5 Å². The summed E-state index contributed by atoms with van der Waals surface area (Å²) in [6.45, 7) is 0.685. The molecule has 1 aromatic carbocycles. The molecule has 12 heteroatoms. The van der Waals surface area contributed by atoms with E-state index in [1.165, 1.54) is 18.2 Å². The topological polar surface area (TPSA) is 87.8 Å². The lowest BCUT2D eigenvalue weighted by molar-refractivity contribution is -0.147. The van der Waals surface area contributed by atoms with Gasteiger partial charge in [-0.15, -0.1) is 0 Å². The number of sulfonamides is 1. The van der Waals surface area contributed by atoms with Crippen molar-refractivity contribution in [3.8, 4) is 17.3 Å². The van der Waals surface area contributed by atoms with Gasteiger partial charge in [-0.1, -0.05) is 18.2 Å². The Labute approximate surface area is 190 Å². The first-order chi connectivity index (χ1) is 15.9. The minimum atomic E-state index is -4.76. The molecule has 0 aliphatic heterocycles. The van der Waals surface area contributed by atoms with E-state index in [1.54, 1.807) is 27.5 Å². The third kappa shape index (κ3) is 4.08. The number of allylic oxidation sites excluding steroid dienone is 4. The molecule has 0 bridgehead atoms. The van der Waals surface area contributed by atoms with Crippen LogP contribution >= 0.6 is 0 Å². The molecule has 0 radical (unpaired) electrons. The van der Waals surface area contributed by atoms with Crippen molar-refractivity contribution < 1.29 is 30.4 Å². The molecule has 4 rings (SSSR count). The largest absolute Gasteiger partial charge is 0.404 e. The fraction of sp³-hybridized carbons (Fsp3) is 0.182. The van der Waals surface area contributed by atoms with E-state index >= 15 is 0 Å². The lowest BCUT2D eigenvalue weighted by Crippen LogP contribution is -2.42. The standard InChI is InChI=1S/C22H15F5N4O2S/c1-12(22(25,26)27)30-34(32,33)16-7-5-13(6-8-16)19-18(10-28)17-9-14(20(23)24)11-29-21(17)31(19)15-3-2-4-15/h2-9,11-12,20,30H,1H3/t12-/m0/s1. The number of nitrogens with one attached hydrogen (secondary N) is 1. The molecule has 1 aliphatic carbocycles. The van der Waals surface area contributed by atoms with Gasteiger partial charge < -0.3 is 0 Å². The minimum Gasteiger partial charge on any atom is -0.293 e. The maximum absolute atomic E-state index is 13.2. The van der Waals surface area contributed by atoms with Crippen LogP contribution in [0.2, 0.25) is 0 Å². The Kier molecular flexibility index (Phi) is 5.79. The van der Waals surface area contributed by atoms with Gasteiger partial charge in [0.2, 0.25) is 10.0 Å². The van der Waals surface area contributed by atoms with Crippen molar-refractivity contribution in [1.82, 2.24) is 14.3 Å². The van der Waals surface area contributed by atoms with Crippen molar-refractivity contribution in [3.05, 3.63) is 65.9 Å². The zero-order chi connectivity index (χ0) is 24.8. The van der Waals surface area contributed by atoms with Gasteiger partial charge in [0.25, 0.3) is 6.43 Å². The van der Waals surface area contributed by atoms with Crippen LogP contribution in [0.4, 0.5) is 22.0 Å². The highest BCUT2D eigenvalue weighted by atomic mass is 32.2. The molecule has 6 nitrogen and oxygen atoms in total. The molecule has 2 aromatic heterocycles. The molecule has 0 saturated heterocycles. The number of nitrogens with zero attached hydrogens (tertiary/aromatic N) is 3. The Morgan fingerprint density at radius 3 is 2.32 bits per heavy atom. The second kappa shape index (κ2) is 8.34. The molecule has 1 N–H and O–H groups in total. The van der Waals surface area contributed by atoms with Gasteiger partial charge in [-0.05, 0) is 37.3 Å². The first kappa shape index (κ1) is 23.6. The second-order valence-electron chi connectivity index (χ2n) is 7.47. The SMILES string of the molecule is C[C@H](NS(=O)(=O)c1ccc(-c2c(C#N)c3cc(C(F)F)cnc3n2C2=CC=C2)cc1)C(F)(F)F. The summed E-state index contributed by atoms with van der Waals surface area (Å²) in [4.78, 5) is 3.71. The van der Waals surface area contributed by atoms with Crippen molar-refractivity contribution in [2.45, 2.75) is 30.5 Å². The number of hydrogen-bond acceptors (Lipinski definition) is 4. The van der Waals surface area contributed by atoms with Crippen LogP contribution in [-0.4, -0.2) is 30.2 Å². The maximum atomic E-state index is 13.2. The predicted molar refractivity (Wildman–Crippen MR) is 114 cm³/mol. The molecule has 1 aliphatic rings. The fourth-order valence-corrected chi connectivity index (χ4v) is 4.66. The van der Waals surface area contributed by atoms with Crippen LogP contribution in [-0.2, 0) is 10.0 Å². The Hall–Kier alpha value is -3.56. The predicted octanol–water partition coefficient (Wildman–Crippen LogP) is 5.15. The molecule has 0 fully saturated rings. The van der Waals surface area contributed by atoms with Crippen LogP contribution in [0, 0.1) is 11.3 Å². The van der Waals surface area contributed by atoms with Crippen molar-refractivity contribution >= 4 is 26.8 Å². The Morgan fingerprint density at radius 2 is 1.82 bits per heavy atom. The molecule has 2 heterocycles. The van der Waals surface area contributed by atoms with E-state index in [0.717, 1.165) is 18.3 Å². The van der Waals surface area contributed by atoms with Gasteiger partial charge in [0.05, 0.1) is 16.2 Å². The molecule has 0 spiro atoms. The van der Waals surface area contributed by atoms with Crippen molar-refractivity contribution in [3.63, 3.8) is 0 Å². The summed E-state index contributed by atoms with van der Waals surface area (Å²) in [5, 5.41) is 10.0. The Morgan fingerprint density at radius 1 is 1.18 bits per heavy atom. The Bertz CT molecular complexity index is 1480. The van der Waals surface area contributed by atoms with E-state index in [9.17, 15) is 35.6 Å². The van der Waals surface area contributed by atoms with Crippen LogP contribution < -0.4 is 4.72 Å².